The highest BCUT2D eigenvalue weighted by Gasteiger charge is 2.28. The Morgan fingerprint density at radius 2 is 1.86 bits per heavy atom. The van der Waals surface area contributed by atoms with Crippen molar-refractivity contribution in [1.29, 1.82) is 0 Å². The van der Waals surface area contributed by atoms with E-state index in [2.05, 4.69) is 30.7 Å². The lowest BCUT2D eigenvalue weighted by Crippen LogP contribution is -2.30. The van der Waals surface area contributed by atoms with Crippen LogP contribution in [0.15, 0.2) is 0 Å². The van der Waals surface area contributed by atoms with Crippen LogP contribution < -0.4 is 4.90 Å². The predicted molar refractivity (Wildman–Crippen MR) is 87.2 cm³/mol. The molecule has 118 valence electrons. The van der Waals surface area contributed by atoms with Gasteiger partial charge in [0.05, 0.1) is 5.60 Å². The summed E-state index contributed by atoms with van der Waals surface area (Å²) in [6, 6.07) is 0. The van der Waals surface area contributed by atoms with E-state index in [0.717, 1.165) is 49.6 Å². The Kier molecular flexibility index (Phi) is 4.50. The fraction of sp³-hybridized carbons (Fsp3) is 0.750. The van der Waals surface area contributed by atoms with E-state index in [9.17, 15) is 5.11 Å². The molecule has 2 rings (SSSR count). The molecule has 1 aliphatic heterocycles. The monoisotopic (exact) mass is 311 g/mol. The smallest absolute Gasteiger partial charge is 0.137 e. The topological polar surface area (TPSA) is 49.2 Å². The molecular formula is C16H26ClN3O. The fourth-order valence-electron chi connectivity index (χ4n) is 2.60. The lowest BCUT2D eigenvalue weighted by Gasteiger charge is -2.27. The Hall–Kier alpha value is -0.870. The minimum atomic E-state index is -0.577. The highest BCUT2D eigenvalue weighted by Crippen LogP contribution is 2.31. The van der Waals surface area contributed by atoms with Crippen molar-refractivity contribution in [2.24, 2.45) is 0 Å². The van der Waals surface area contributed by atoms with Gasteiger partial charge in [0, 0.05) is 24.1 Å². The number of aliphatic hydroxyl groups is 1. The summed E-state index contributed by atoms with van der Waals surface area (Å²) >= 11 is 6.31. The van der Waals surface area contributed by atoms with Crippen LogP contribution in [-0.4, -0.2) is 33.8 Å². The van der Waals surface area contributed by atoms with Gasteiger partial charge in [-0.2, -0.15) is 0 Å². The normalized spacial score (nSPS) is 24.0. The average Bonchev–Trinajstić information content (AvgIpc) is 2.52. The SMILES string of the molecule is Cc1c(Cl)nc(C(C)(C)C)nc1N1CCCC(C)(O)CC1. The molecule has 0 saturated carbocycles. The van der Waals surface area contributed by atoms with Gasteiger partial charge in [-0.05, 0) is 33.1 Å². The maximum atomic E-state index is 10.2. The van der Waals surface area contributed by atoms with Crippen LogP contribution in [0.2, 0.25) is 5.15 Å². The van der Waals surface area contributed by atoms with E-state index in [1.165, 1.54) is 0 Å². The molecule has 5 heteroatoms. The van der Waals surface area contributed by atoms with Crippen molar-refractivity contribution in [3.8, 4) is 0 Å². The summed E-state index contributed by atoms with van der Waals surface area (Å²) in [5.74, 6) is 1.68. The standard InChI is InChI=1S/C16H26ClN3O/c1-11-12(17)18-14(15(2,3)4)19-13(11)20-9-6-7-16(5,21)8-10-20/h21H,6-10H2,1-5H3. The summed E-state index contributed by atoms with van der Waals surface area (Å²) in [5, 5.41) is 10.8. The van der Waals surface area contributed by atoms with Crippen LogP contribution in [0.1, 0.15) is 58.3 Å². The Bertz CT molecular complexity index is 523. The van der Waals surface area contributed by atoms with Crippen LogP contribution in [0.5, 0.6) is 0 Å². The van der Waals surface area contributed by atoms with E-state index >= 15 is 0 Å². The first-order valence-corrected chi connectivity index (χ1v) is 8.00. The molecule has 1 atom stereocenters. The summed E-state index contributed by atoms with van der Waals surface area (Å²) in [5.41, 5.74) is 0.210. The molecule has 0 spiro atoms. The predicted octanol–water partition coefficient (Wildman–Crippen LogP) is 3.48. The van der Waals surface area contributed by atoms with Gasteiger partial charge in [-0.3, -0.25) is 0 Å². The van der Waals surface area contributed by atoms with Crippen LogP contribution in [0.3, 0.4) is 0 Å². The first kappa shape index (κ1) is 16.5. The van der Waals surface area contributed by atoms with E-state index < -0.39 is 5.60 Å². The van der Waals surface area contributed by atoms with Crippen molar-refractivity contribution in [3.63, 3.8) is 0 Å². The van der Waals surface area contributed by atoms with Gasteiger partial charge in [0.1, 0.15) is 16.8 Å². The number of rotatable bonds is 1. The van der Waals surface area contributed by atoms with Gasteiger partial charge in [-0.25, -0.2) is 9.97 Å². The molecule has 0 radical (unpaired) electrons. The van der Waals surface area contributed by atoms with E-state index in [1.54, 1.807) is 0 Å². The van der Waals surface area contributed by atoms with Crippen LogP contribution >= 0.6 is 11.6 Å². The molecule has 4 nitrogen and oxygen atoms in total. The van der Waals surface area contributed by atoms with Gasteiger partial charge in [0.25, 0.3) is 0 Å². The molecule has 0 aromatic carbocycles. The van der Waals surface area contributed by atoms with Crippen LogP contribution in [0.25, 0.3) is 0 Å². The summed E-state index contributed by atoms with van der Waals surface area (Å²) in [6.45, 7) is 11.8. The second kappa shape index (κ2) is 5.73. The number of hydrogen-bond donors (Lipinski definition) is 1. The number of hydrogen-bond acceptors (Lipinski definition) is 4. The van der Waals surface area contributed by atoms with Crippen LogP contribution in [0, 0.1) is 6.92 Å². The van der Waals surface area contributed by atoms with Crippen LogP contribution in [0.4, 0.5) is 5.82 Å². The van der Waals surface area contributed by atoms with Crippen molar-refractivity contribution >= 4 is 17.4 Å². The van der Waals surface area contributed by atoms with Gasteiger partial charge in [-0.1, -0.05) is 32.4 Å². The zero-order valence-electron chi connectivity index (χ0n) is 13.7. The molecule has 1 N–H and O–H groups in total. The first-order valence-electron chi connectivity index (χ1n) is 7.62. The Morgan fingerprint density at radius 1 is 1.19 bits per heavy atom. The molecule has 1 aromatic rings. The highest BCUT2D eigenvalue weighted by molar-refractivity contribution is 6.30. The lowest BCUT2D eigenvalue weighted by molar-refractivity contribution is 0.0481. The van der Waals surface area contributed by atoms with Crippen molar-refractivity contribution in [3.05, 3.63) is 16.5 Å². The molecule has 0 amide bonds. The molecule has 1 aliphatic rings. The maximum absolute atomic E-state index is 10.2. The van der Waals surface area contributed by atoms with Gasteiger partial charge < -0.3 is 10.0 Å². The Morgan fingerprint density at radius 3 is 2.48 bits per heavy atom. The number of nitrogens with zero attached hydrogens (tertiary/aromatic N) is 3. The Labute approximate surface area is 132 Å². The summed E-state index contributed by atoms with van der Waals surface area (Å²) in [7, 11) is 0. The third kappa shape index (κ3) is 3.86. The average molecular weight is 312 g/mol. The zero-order chi connectivity index (χ0) is 15.8. The molecule has 2 heterocycles. The van der Waals surface area contributed by atoms with E-state index in [-0.39, 0.29) is 5.41 Å². The van der Waals surface area contributed by atoms with Crippen molar-refractivity contribution in [2.75, 3.05) is 18.0 Å². The second-order valence-electron chi connectivity index (χ2n) is 7.37. The van der Waals surface area contributed by atoms with Crippen molar-refractivity contribution < 1.29 is 5.11 Å². The fourth-order valence-corrected chi connectivity index (χ4v) is 2.76. The summed E-state index contributed by atoms with van der Waals surface area (Å²) in [4.78, 5) is 11.4. The molecule has 0 bridgehead atoms. The third-order valence-corrected chi connectivity index (χ3v) is 4.46. The molecule has 1 fully saturated rings. The van der Waals surface area contributed by atoms with E-state index in [1.807, 2.05) is 13.8 Å². The van der Waals surface area contributed by atoms with Crippen molar-refractivity contribution in [1.82, 2.24) is 9.97 Å². The number of halogens is 1. The van der Waals surface area contributed by atoms with Gasteiger partial charge in [-0.15, -0.1) is 0 Å². The molecule has 1 aromatic heterocycles. The number of anilines is 1. The largest absolute Gasteiger partial charge is 0.390 e. The first-order chi connectivity index (χ1) is 9.60. The Balaban J connectivity index is 2.36. The molecule has 1 unspecified atom stereocenters. The van der Waals surface area contributed by atoms with Crippen LogP contribution in [-0.2, 0) is 5.41 Å². The molecular weight excluding hydrogens is 286 g/mol. The van der Waals surface area contributed by atoms with E-state index in [4.69, 9.17) is 16.6 Å². The minimum Gasteiger partial charge on any atom is -0.390 e. The maximum Gasteiger partial charge on any atom is 0.137 e. The van der Waals surface area contributed by atoms with Gasteiger partial charge in [0.2, 0.25) is 0 Å². The summed E-state index contributed by atoms with van der Waals surface area (Å²) in [6.07, 6.45) is 2.53. The molecule has 1 saturated heterocycles. The lowest BCUT2D eigenvalue weighted by atomic mass is 9.95. The quantitative estimate of drug-likeness (QED) is 0.807. The van der Waals surface area contributed by atoms with Gasteiger partial charge in [0.15, 0.2) is 0 Å². The van der Waals surface area contributed by atoms with Crippen molar-refractivity contribution in [2.45, 2.75) is 64.9 Å². The molecule has 21 heavy (non-hydrogen) atoms. The second-order valence-corrected chi connectivity index (χ2v) is 7.73. The third-order valence-electron chi connectivity index (χ3n) is 4.09. The molecule has 0 aliphatic carbocycles. The summed E-state index contributed by atoms with van der Waals surface area (Å²) < 4.78 is 0. The minimum absolute atomic E-state index is 0.135. The number of aromatic nitrogens is 2. The van der Waals surface area contributed by atoms with Gasteiger partial charge >= 0.3 is 0 Å². The highest BCUT2D eigenvalue weighted by atomic mass is 35.5. The zero-order valence-corrected chi connectivity index (χ0v) is 14.5. The van der Waals surface area contributed by atoms with E-state index in [0.29, 0.717) is 5.15 Å².